The molecule has 1 saturated carbocycles. The van der Waals surface area contributed by atoms with Crippen LogP contribution in [0.5, 0.6) is 11.5 Å². The first kappa shape index (κ1) is 46.9. The van der Waals surface area contributed by atoms with Gasteiger partial charge in [0.25, 0.3) is 10.2 Å². The number of carboxylic acid groups (broad SMARTS) is 1. The molecule has 5 heterocycles. The number of pyridine rings is 1. The average molecular weight is 924 g/mol. The monoisotopic (exact) mass is 923 g/mol. The number of anilines is 1. The van der Waals surface area contributed by atoms with Gasteiger partial charge in [-0.15, -0.1) is 11.3 Å². The summed E-state index contributed by atoms with van der Waals surface area (Å²) in [6.07, 6.45) is 6.38. The molecule has 4 aliphatic rings. The molecule has 2 aromatic heterocycles. The van der Waals surface area contributed by atoms with Gasteiger partial charge in [0, 0.05) is 74.0 Å². The Kier molecular flexibility index (Phi) is 13.8. The first-order valence-electron chi connectivity index (χ1n) is 22.0. The number of methoxy groups -OCH3 is 1. The van der Waals surface area contributed by atoms with Crippen molar-refractivity contribution >= 4 is 61.4 Å². The van der Waals surface area contributed by atoms with Crippen molar-refractivity contribution in [3.05, 3.63) is 41.8 Å². The molecule has 0 bridgehead atoms. The van der Waals surface area contributed by atoms with E-state index < -0.39 is 75.1 Å². The van der Waals surface area contributed by atoms with E-state index >= 15 is 0 Å². The van der Waals surface area contributed by atoms with Crippen molar-refractivity contribution in [3.8, 4) is 22.9 Å². The highest BCUT2D eigenvalue weighted by Crippen LogP contribution is 2.45. The number of allylic oxidation sites excluding steroid dienone is 1. The van der Waals surface area contributed by atoms with E-state index in [2.05, 4.69) is 21.3 Å². The Morgan fingerprint density at radius 3 is 2.56 bits per heavy atom. The predicted octanol–water partition coefficient (Wildman–Crippen LogP) is 4.59. The highest BCUT2D eigenvalue weighted by atomic mass is 32.2. The van der Waals surface area contributed by atoms with Crippen molar-refractivity contribution in [3.63, 3.8) is 0 Å². The first-order chi connectivity index (χ1) is 30.3. The SMILES string of the molecule is COc1ccc2c(O[C@@H]3C[C@H]4C(=O)N[C@]5(C(=O)O)CC5C=CCCCCC[C@H](NC(=O)N[C@H](CN5CCN(C)S5(=O)=O)C(C)(C)C)C(=O)N4C3)cc(-c3csc(NC(C)C)n3)nc2c1. The van der Waals surface area contributed by atoms with Crippen molar-refractivity contribution in [1.29, 1.82) is 0 Å². The van der Waals surface area contributed by atoms with Crippen molar-refractivity contribution in [2.45, 2.75) is 115 Å². The normalized spacial score (nSPS) is 26.0. The molecule has 1 aromatic carbocycles. The van der Waals surface area contributed by atoms with Crippen molar-refractivity contribution < 1.29 is 42.2 Å². The Morgan fingerprint density at radius 2 is 1.88 bits per heavy atom. The number of rotatable bonds is 11. The number of aliphatic carboxylic acids is 1. The highest BCUT2D eigenvalue weighted by Gasteiger charge is 2.61. The van der Waals surface area contributed by atoms with Gasteiger partial charge in [-0.25, -0.2) is 19.6 Å². The summed E-state index contributed by atoms with van der Waals surface area (Å²) < 4.78 is 40.9. The Labute approximate surface area is 378 Å². The number of carbonyl (C=O) groups is 4. The van der Waals surface area contributed by atoms with E-state index in [1.807, 2.05) is 58.2 Å². The number of urea groups is 1. The van der Waals surface area contributed by atoms with Crippen molar-refractivity contribution in [2.75, 3.05) is 45.7 Å². The van der Waals surface area contributed by atoms with Crippen LogP contribution in [-0.4, -0.2) is 137 Å². The molecule has 7 rings (SSSR count). The zero-order chi connectivity index (χ0) is 46.1. The molecule has 6 atom stereocenters. The lowest BCUT2D eigenvalue weighted by molar-refractivity contribution is -0.145. The van der Waals surface area contributed by atoms with Gasteiger partial charge < -0.3 is 40.7 Å². The number of benzene rings is 1. The zero-order valence-corrected chi connectivity index (χ0v) is 39.2. The maximum atomic E-state index is 14.9. The van der Waals surface area contributed by atoms with E-state index in [9.17, 15) is 32.7 Å². The Bertz CT molecular complexity index is 2390. The fourth-order valence-corrected chi connectivity index (χ4v) is 10.7. The minimum Gasteiger partial charge on any atom is -0.497 e. The number of amides is 4. The number of carbonyl (C=O) groups excluding carboxylic acids is 3. The molecule has 3 fully saturated rings. The number of thiazole rings is 1. The van der Waals surface area contributed by atoms with E-state index in [4.69, 9.17) is 19.4 Å². The van der Waals surface area contributed by atoms with Gasteiger partial charge in [-0.3, -0.25) is 9.59 Å². The molecule has 348 valence electrons. The van der Waals surface area contributed by atoms with Crippen LogP contribution in [0.3, 0.4) is 0 Å². The van der Waals surface area contributed by atoms with E-state index in [1.54, 1.807) is 25.3 Å². The van der Waals surface area contributed by atoms with Crippen LogP contribution >= 0.6 is 11.3 Å². The largest absolute Gasteiger partial charge is 0.497 e. The fourth-order valence-electron chi connectivity index (χ4n) is 8.53. The summed E-state index contributed by atoms with van der Waals surface area (Å²) in [5, 5.41) is 25.7. The molecular formula is C44H61N9O9S2. The Balaban J connectivity index is 1.19. The number of aromatic nitrogens is 2. The number of fused-ring (bicyclic) bond motifs is 3. The number of nitrogens with one attached hydrogen (secondary N) is 4. The van der Waals surface area contributed by atoms with Crippen LogP contribution < -0.4 is 30.7 Å². The van der Waals surface area contributed by atoms with Gasteiger partial charge in [-0.2, -0.15) is 17.0 Å². The van der Waals surface area contributed by atoms with Crippen LogP contribution in [0.25, 0.3) is 22.3 Å². The smallest absolute Gasteiger partial charge is 0.330 e. The molecule has 0 spiro atoms. The molecule has 3 aliphatic heterocycles. The molecule has 64 heavy (non-hydrogen) atoms. The van der Waals surface area contributed by atoms with Gasteiger partial charge >= 0.3 is 12.0 Å². The van der Waals surface area contributed by atoms with Gasteiger partial charge in [-0.05, 0) is 57.1 Å². The Morgan fingerprint density at radius 1 is 1.09 bits per heavy atom. The molecule has 1 unspecified atom stereocenters. The topological polar surface area (TPSA) is 225 Å². The van der Waals surface area contributed by atoms with Gasteiger partial charge in [-0.1, -0.05) is 45.8 Å². The van der Waals surface area contributed by atoms with Gasteiger partial charge in [0.15, 0.2) is 5.13 Å². The fraction of sp³-hybridized carbons (Fsp3) is 0.591. The molecular weight excluding hydrogens is 863 g/mol. The lowest BCUT2D eigenvalue weighted by Gasteiger charge is -2.35. The molecule has 20 heteroatoms. The van der Waals surface area contributed by atoms with E-state index in [0.29, 0.717) is 53.2 Å². The van der Waals surface area contributed by atoms with Gasteiger partial charge in [0.05, 0.1) is 24.9 Å². The predicted molar refractivity (Wildman–Crippen MR) is 243 cm³/mol. The molecule has 5 N–H and O–H groups in total. The van der Waals surface area contributed by atoms with Crippen LogP contribution in [-0.2, 0) is 24.6 Å². The van der Waals surface area contributed by atoms with Crippen LogP contribution in [0.4, 0.5) is 9.93 Å². The second-order valence-electron chi connectivity index (χ2n) is 18.6. The van der Waals surface area contributed by atoms with E-state index in [1.165, 1.54) is 31.9 Å². The lowest BCUT2D eigenvalue weighted by atomic mass is 9.86. The standard InChI is InChI=1S/C44H61N9O9S2/c1-26(2)45-42-48-34(25-63-42)33-21-36(30-16-15-28(61-7)19-32(30)46-33)62-29-20-35-38(54)50-44(40(56)57)22-27(44)13-11-9-8-10-12-14-31(39(55)53(35)23-29)47-41(58)49-37(43(3,4)5)24-52-18-17-51(6)64(52,59)60/h11,13,15-16,19,21,25-27,29,31,35,37H,8-10,12,14,17-18,20,22-24H2,1-7H3,(H,45,48)(H,50,54)(H,56,57)(H2,47,49,58)/t27?,29-,31+,35+,37-,44-/m1/s1. The first-order valence-corrected chi connectivity index (χ1v) is 24.3. The summed E-state index contributed by atoms with van der Waals surface area (Å²) in [7, 11) is -0.602. The second kappa shape index (κ2) is 18.8. The van der Waals surface area contributed by atoms with Crippen molar-refractivity contribution in [1.82, 2.24) is 39.4 Å². The Hall–Kier alpha value is -5.05. The van der Waals surface area contributed by atoms with E-state index in [0.717, 1.165) is 18.0 Å². The number of carboxylic acids is 1. The molecule has 2 saturated heterocycles. The van der Waals surface area contributed by atoms with Crippen LogP contribution in [0, 0.1) is 11.3 Å². The number of likely N-dealkylation sites (N-methyl/N-ethyl adjacent to an activating group) is 1. The number of nitrogens with zero attached hydrogens (tertiary/aromatic N) is 5. The molecule has 18 nitrogen and oxygen atoms in total. The third-order valence-electron chi connectivity index (χ3n) is 12.5. The van der Waals surface area contributed by atoms with Crippen LogP contribution in [0.15, 0.2) is 41.8 Å². The van der Waals surface area contributed by atoms with Gasteiger partial charge in [0.1, 0.15) is 40.9 Å². The molecule has 3 aromatic rings. The summed E-state index contributed by atoms with van der Waals surface area (Å²) in [5.41, 5.74) is -0.330. The highest BCUT2D eigenvalue weighted by molar-refractivity contribution is 7.87. The summed E-state index contributed by atoms with van der Waals surface area (Å²) in [6.45, 7) is 10.4. The number of hydrogen-bond donors (Lipinski definition) is 5. The zero-order valence-electron chi connectivity index (χ0n) is 37.5. The summed E-state index contributed by atoms with van der Waals surface area (Å²) in [6, 6.07) is 3.89. The van der Waals surface area contributed by atoms with Gasteiger partial charge in [0.2, 0.25) is 11.8 Å². The maximum absolute atomic E-state index is 14.9. The van der Waals surface area contributed by atoms with Crippen LogP contribution in [0.1, 0.15) is 79.6 Å². The third-order valence-corrected chi connectivity index (χ3v) is 15.2. The molecule has 4 amide bonds. The summed E-state index contributed by atoms with van der Waals surface area (Å²) >= 11 is 1.45. The maximum Gasteiger partial charge on any atom is 0.330 e. The third kappa shape index (κ3) is 10.2. The minimum absolute atomic E-state index is 0.0337. The van der Waals surface area contributed by atoms with Crippen LogP contribution in [0.2, 0.25) is 0 Å². The van der Waals surface area contributed by atoms with Crippen molar-refractivity contribution in [2.24, 2.45) is 11.3 Å². The number of hydrogen-bond acceptors (Lipinski definition) is 12. The minimum atomic E-state index is -3.68. The summed E-state index contributed by atoms with van der Waals surface area (Å²) in [4.78, 5) is 67.1. The lowest BCUT2D eigenvalue weighted by Crippen LogP contribution is -2.59. The molecule has 1 aliphatic carbocycles. The number of ether oxygens (including phenoxy) is 2. The molecule has 0 radical (unpaired) electrons. The average Bonchev–Trinajstić information content (AvgIpc) is 3.46. The second-order valence-corrected chi connectivity index (χ2v) is 21.5. The summed E-state index contributed by atoms with van der Waals surface area (Å²) in [5.74, 6) is -1.66. The van der Waals surface area contributed by atoms with E-state index in [-0.39, 0.29) is 44.9 Å². The quantitative estimate of drug-likeness (QED) is 0.167.